The van der Waals surface area contributed by atoms with E-state index in [-0.39, 0.29) is 11.8 Å². The summed E-state index contributed by atoms with van der Waals surface area (Å²) in [6.07, 6.45) is 7.86. The lowest BCUT2D eigenvalue weighted by Crippen LogP contribution is -2.33. The molecule has 1 fully saturated rings. The molecule has 31 heavy (non-hydrogen) atoms. The van der Waals surface area contributed by atoms with Crippen LogP contribution in [0.3, 0.4) is 0 Å². The lowest BCUT2D eigenvalue weighted by atomic mass is 10.1. The third kappa shape index (κ3) is 7.12. The Morgan fingerprint density at radius 3 is 2.48 bits per heavy atom. The molecule has 1 heterocycles. The molecule has 1 saturated heterocycles. The molecule has 2 aromatic carbocycles. The average Bonchev–Trinajstić information content (AvgIpc) is 2.80. The fraction of sp³-hybridized carbons (Fsp3) is 0.462. The predicted molar refractivity (Wildman–Crippen MR) is 128 cm³/mol. The third-order valence-corrected chi connectivity index (χ3v) is 5.77. The summed E-state index contributed by atoms with van der Waals surface area (Å²) in [5.74, 6) is -0.0757. The summed E-state index contributed by atoms with van der Waals surface area (Å²) in [4.78, 5) is 27.7. The van der Waals surface area contributed by atoms with Crippen molar-refractivity contribution in [3.63, 3.8) is 0 Å². The summed E-state index contributed by atoms with van der Waals surface area (Å²) in [7, 11) is 0. The Hall–Kier alpha value is -2.82. The monoisotopic (exact) mass is 421 g/mol. The van der Waals surface area contributed by atoms with E-state index in [0.29, 0.717) is 24.2 Å². The van der Waals surface area contributed by atoms with Gasteiger partial charge in [-0.15, -0.1) is 0 Å². The zero-order valence-corrected chi connectivity index (χ0v) is 18.7. The molecule has 0 bridgehead atoms. The van der Waals surface area contributed by atoms with Crippen LogP contribution >= 0.6 is 0 Å². The second-order valence-corrected chi connectivity index (χ2v) is 8.28. The predicted octanol–water partition coefficient (Wildman–Crippen LogP) is 5.17. The van der Waals surface area contributed by atoms with Gasteiger partial charge in [0, 0.05) is 37.4 Å². The third-order valence-electron chi connectivity index (χ3n) is 5.77. The molecule has 166 valence electrons. The van der Waals surface area contributed by atoms with Crippen molar-refractivity contribution in [2.75, 3.05) is 29.9 Å². The van der Waals surface area contributed by atoms with E-state index in [2.05, 4.69) is 34.6 Å². The molecule has 0 aliphatic carbocycles. The molecule has 1 aliphatic rings. The van der Waals surface area contributed by atoms with Crippen LogP contribution < -0.4 is 15.5 Å². The minimum absolute atomic E-state index is 0.00890. The van der Waals surface area contributed by atoms with Crippen molar-refractivity contribution >= 4 is 23.2 Å². The fourth-order valence-electron chi connectivity index (χ4n) is 4.03. The van der Waals surface area contributed by atoms with Crippen LogP contribution in [-0.2, 0) is 11.2 Å². The summed E-state index contributed by atoms with van der Waals surface area (Å²) in [5, 5.41) is 6.04. The maximum absolute atomic E-state index is 13.1. The van der Waals surface area contributed by atoms with Crippen LogP contribution in [0.4, 0.5) is 11.4 Å². The molecule has 1 aliphatic heterocycles. The molecular weight excluding hydrogens is 386 g/mol. The molecule has 2 amide bonds. The Kier molecular flexibility index (Phi) is 8.95. The zero-order chi connectivity index (χ0) is 21.9. The standard InChI is InChI=1S/C26H35N3O2/c1-2-3-6-13-25(30)28-22-14-15-24(29-18-9-5-10-19-29)23(20-22)26(31)27-17-16-21-11-7-4-8-12-21/h4,7-8,11-12,14-15,20H,2-3,5-6,9-10,13,16-19H2,1H3,(H,27,31)(H,28,30). The van der Waals surface area contributed by atoms with E-state index in [1.807, 2.05) is 36.4 Å². The molecule has 2 aromatic rings. The first-order chi connectivity index (χ1) is 15.2. The number of rotatable bonds is 10. The van der Waals surface area contributed by atoms with Crippen molar-refractivity contribution in [1.29, 1.82) is 0 Å². The number of anilines is 2. The number of unbranched alkanes of at least 4 members (excludes halogenated alkanes) is 2. The highest BCUT2D eigenvalue weighted by molar-refractivity contribution is 6.02. The van der Waals surface area contributed by atoms with Crippen LogP contribution in [0.1, 0.15) is 67.8 Å². The largest absolute Gasteiger partial charge is 0.371 e. The van der Waals surface area contributed by atoms with Gasteiger partial charge in [-0.1, -0.05) is 50.1 Å². The van der Waals surface area contributed by atoms with Crippen LogP contribution in [0.25, 0.3) is 0 Å². The van der Waals surface area contributed by atoms with E-state index >= 15 is 0 Å². The van der Waals surface area contributed by atoms with Gasteiger partial charge in [0.2, 0.25) is 5.91 Å². The fourth-order valence-corrected chi connectivity index (χ4v) is 4.03. The normalized spacial score (nSPS) is 13.6. The van der Waals surface area contributed by atoms with Crippen LogP contribution in [0.2, 0.25) is 0 Å². The molecule has 2 N–H and O–H groups in total. The van der Waals surface area contributed by atoms with Crippen molar-refractivity contribution < 1.29 is 9.59 Å². The summed E-state index contributed by atoms with van der Waals surface area (Å²) in [6, 6.07) is 15.9. The molecule has 0 saturated carbocycles. The van der Waals surface area contributed by atoms with Gasteiger partial charge < -0.3 is 15.5 Å². The second kappa shape index (κ2) is 12.1. The molecule has 5 heteroatoms. The van der Waals surface area contributed by atoms with Crippen LogP contribution in [0.5, 0.6) is 0 Å². The lowest BCUT2D eigenvalue weighted by Gasteiger charge is -2.30. The number of benzene rings is 2. The summed E-state index contributed by atoms with van der Waals surface area (Å²) >= 11 is 0. The number of hydrogen-bond donors (Lipinski definition) is 2. The number of nitrogens with zero attached hydrogens (tertiary/aromatic N) is 1. The van der Waals surface area contributed by atoms with E-state index in [4.69, 9.17) is 0 Å². The Morgan fingerprint density at radius 1 is 0.968 bits per heavy atom. The molecule has 5 nitrogen and oxygen atoms in total. The number of nitrogens with one attached hydrogen (secondary N) is 2. The number of hydrogen-bond acceptors (Lipinski definition) is 3. The van der Waals surface area contributed by atoms with Gasteiger partial charge in [-0.2, -0.15) is 0 Å². The molecule has 0 spiro atoms. The number of amides is 2. The van der Waals surface area contributed by atoms with Crippen molar-refractivity contribution in [2.24, 2.45) is 0 Å². The molecule has 3 rings (SSSR count). The van der Waals surface area contributed by atoms with Crippen molar-refractivity contribution in [3.05, 3.63) is 59.7 Å². The van der Waals surface area contributed by atoms with Gasteiger partial charge >= 0.3 is 0 Å². The van der Waals surface area contributed by atoms with Gasteiger partial charge in [0.1, 0.15) is 0 Å². The first kappa shape index (κ1) is 22.9. The number of carbonyl (C=O) groups is 2. The first-order valence-electron chi connectivity index (χ1n) is 11.7. The SMILES string of the molecule is CCCCCC(=O)Nc1ccc(N2CCCCC2)c(C(=O)NCCc2ccccc2)c1. The highest BCUT2D eigenvalue weighted by Crippen LogP contribution is 2.27. The van der Waals surface area contributed by atoms with E-state index in [9.17, 15) is 9.59 Å². The highest BCUT2D eigenvalue weighted by Gasteiger charge is 2.19. The van der Waals surface area contributed by atoms with Gasteiger partial charge in [-0.05, 0) is 55.9 Å². The van der Waals surface area contributed by atoms with E-state index in [0.717, 1.165) is 57.3 Å². The van der Waals surface area contributed by atoms with Crippen LogP contribution in [0, 0.1) is 0 Å². The first-order valence-corrected chi connectivity index (χ1v) is 11.7. The van der Waals surface area contributed by atoms with Gasteiger partial charge in [0.25, 0.3) is 5.91 Å². The number of piperidine rings is 1. The van der Waals surface area contributed by atoms with Crippen molar-refractivity contribution in [2.45, 2.75) is 58.3 Å². The van der Waals surface area contributed by atoms with Crippen molar-refractivity contribution in [1.82, 2.24) is 5.32 Å². The molecule has 0 radical (unpaired) electrons. The maximum Gasteiger partial charge on any atom is 0.253 e. The van der Waals surface area contributed by atoms with E-state index < -0.39 is 0 Å². The Labute approximate surface area is 186 Å². The molecular formula is C26H35N3O2. The highest BCUT2D eigenvalue weighted by atomic mass is 16.2. The molecule has 0 atom stereocenters. The van der Waals surface area contributed by atoms with Gasteiger partial charge in [-0.25, -0.2) is 0 Å². The Balaban J connectivity index is 1.70. The smallest absolute Gasteiger partial charge is 0.253 e. The van der Waals surface area contributed by atoms with Gasteiger partial charge in [-0.3, -0.25) is 9.59 Å². The lowest BCUT2D eigenvalue weighted by molar-refractivity contribution is -0.116. The summed E-state index contributed by atoms with van der Waals surface area (Å²) in [6.45, 7) is 4.63. The van der Waals surface area contributed by atoms with Crippen LogP contribution in [0.15, 0.2) is 48.5 Å². The Morgan fingerprint density at radius 2 is 1.74 bits per heavy atom. The molecule has 0 aromatic heterocycles. The van der Waals surface area contributed by atoms with Gasteiger partial charge in [0.15, 0.2) is 0 Å². The van der Waals surface area contributed by atoms with Gasteiger partial charge in [0.05, 0.1) is 5.56 Å². The maximum atomic E-state index is 13.1. The summed E-state index contributed by atoms with van der Waals surface area (Å²) < 4.78 is 0. The second-order valence-electron chi connectivity index (χ2n) is 8.28. The minimum Gasteiger partial charge on any atom is -0.371 e. The number of carbonyl (C=O) groups excluding carboxylic acids is 2. The topological polar surface area (TPSA) is 61.4 Å². The Bertz CT molecular complexity index is 845. The average molecular weight is 422 g/mol. The molecule has 0 unspecified atom stereocenters. The van der Waals surface area contributed by atoms with E-state index in [1.165, 1.54) is 12.0 Å². The van der Waals surface area contributed by atoms with Crippen LogP contribution in [-0.4, -0.2) is 31.4 Å². The zero-order valence-electron chi connectivity index (χ0n) is 18.7. The van der Waals surface area contributed by atoms with E-state index in [1.54, 1.807) is 0 Å². The minimum atomic E-state index is -0.0846. The van der Waals surface area contributed by atoms with Crippen molar-refractivity contribution in [3.8, 4) is 0 Å². The summed E-state index contributed by atoms with van der Waals surface area (Å²) in [5.41, 5.74) is 3.49. The quantitative estimate of drug-likeness (QED) is 0.520.